The fraction of sp³-hybridized carbons (Fsp3) is 0.562. The molecule has 0 atom stereocenters. The van der Waals surface area contributed by atoms with Gasteiger partial charge in [-0.3, -0.25) is 4.79 Å². The summed E-state index contributed by atoms with van der Waals surface area (Å²) in [5.74, 6) is -0.396. The molecule has 1 aliphatic rings. The third-order valence-corrected chi connectivity index (χ3v) is 4.08. The van der Waals surface area contributed by atoms with Gasteiger partial charge in [-0.1, -0.05) is 12.1 Å². The van der Waals surface area contributed by atoms with Crippen LogP contribution in [0.15, 0.2) is 24.3 Å². The van der Waals surface area contributed by atoms with E-state index in [0.717, 1.165) is 31.5 Å². The van der Waals surface area contributed by atoms with Gasteiger partial charge >= 0.3 is 5.97 Å². The summed E-state index contributed by atoms with van der Waals surface area (Å²) in [6.07, 6.45) is 2.08. The van der Waals surface area contributed by atoms with Crippen molar-refractivity contribution in [2.24, 2.45) is 5.41 Å². The van der Waals surface area contributed by atoms with E-state index in [4.69, 9.17) is 4.74 Å². The molecule has 0 unspecified atom stereocenters. The molecule has 2 rings (SSSR count). The van der Waals surface area contributed by atoms with Crippen LogP contribution in [0.4, 0.5) is 4.39 Å². The molecule has 0 saturated carbocycles. The van der Waals surface area contributed by atoms with E-state index in [9.17, 15) is 9.18 Å². The number of rotatable bonds is 4. The van der Waals surface area contributed by atoms with Gasteiger partial charge in [0.15, 0.2) is 0 Å². The summed E-state index contributed by atoms with van der Waals surface area (Å²) in [7, 11) is 2.05. The van der Waals surface area contributed by atoms with Crippen LogP contribution in [0.2, 0.25) is 0 Å². The lowest BCUT2D eigenvalue weighted by atomic mass is 9.74. The summed E-state index contributed by atoms with van der Waals surface area (Å²) >= 11 is 0. The molecule has 0 N–H and O–H groups in total. The minimum Gasteiger partial charge on any atom is -0.466 e. The maximum absolute atomic E-state index is 13.3. The van der Waals surface area contributed by atoms with Crippen LogP contribution in [0.1, 0.15) is 25.3 Å². The maximum Gasteiger partial charge on any atom is 0.312 e. The number of carbonyl (C=O) groups is 1. The Hall–Kier alpha value is -1.42. The molecule has 0 aromatic heterocycles. The van der Waals surface area contributed by atoms with E-state index in [-0.39, 0.29) is 11.8 Å². The van der Waals surface area contributed by atoms with Crippen LogP contribution in [0.25, 0.3) is 0 Å². The van der Waals surface area contributed by atoms with E-state index < -0.39 is 5.41 Å². The average molecular weight is 279 g/mol. The number of nitrogens with zero attached hydrogens (tertiary/aromatic N) is 1. The van der Waals surface area contributed by atoms with Crippen molar-refractivity contribution in [3.8, 4) is 0 Å². The molecule has 110 valence electrons. The van der Waals surface area contributed by atoms with Gasteiger partial charge in [-0.2, -0.15) is 0 Å². The van der Waals surface area contributed by atoms with Crippen molar-refractivity contribution < 1.29 is 13.9 Å². The Kier molecular flexibility index (Phi) is 4.76. The maximum atomic E-state index is 13.3. The molecular formula is C16H22FNO2. The Labute approximate surface area is 119 Å². The second-order valence-corrected chi connectivity index (χ2v) is 5.61. The zero-order valence-electron chi connectivity index (χ0n) is 12.2. The number of hydrogen-bond acceptors (Lipinski definition) is 3. The van der Waals surface area contributed by atoms with Gasteiger partial charge in [-0.15, -0.1) is 0 Å². The zero-order chi connectivity index (χ0) is 14.6. The molecular weight excluding hydrogens is 257 g/mol. The van der Waals surface area contributed by atoms with Gasteiger partial charge in [0.2, 0.25) is 0 Å². The van der Waals surface area contributed by atoms with Crippen molar-refractivity contribution in [1.82, 2.24) is 4.90 Å². The van der Waals surface area contributed by atoms with Gasteiger partial charge in [0.25, 0.3) is 0 Å². The molecule has 0 bridgehead atoms. The molecule has 1 aromatic rings. The van der Waals surface area contributed by atoms with Crippen LogP contribution in [-0.4, -0.2) is 37.6 Å². The van der Waals surface area contributed by atoms with Crippen molar-refractivity contribution in [3.05, 3.63) is 35.6 Å². The zero-order valence-corrected chi connectivity index (χ0v) is 12.2. The first-order valence-corrected chi connectivity index (χ1v) is 7.16. The molecule has 3 nitrogen and oxygen atoms in total. The molecule has 4 heteroatoms. The van der Waals surface area contributed by atoms with Crippen LogP contribution in [0.3, 0.4) is 0 Å². The Bertz CT molecular complexity index is 467. The van der Waals surface area contributed by atoms with Crippen LogP contribution in [0, 0.1) is 11.2 Å². The van der Waals surface area contributed by atoms with Gasteiger partial charge < -0.3 is 9.64 Å². The standard InChI is InChI=1S/C16H22FNO2/c1-3-20-15(19)16(7-9-18(2)10-8-16)12-13-5-4-6-14(17)11-13/h4-6,11H,3,7-10,12H2,1-2H3. The highest BCUT2D eigenvalue weighted by Crippen LogP contribution is 2.36. The topological polar surface area (TPSA) is 29.5 Å². The summed E-state index contributed by atoms with van der Waals surface area (Å²) in [5, 5.41) is 0. The molecule has 1 aromatic carbocycles. The Morgan fingerprint density at radius 3 is 2.70 bits per heavy atom. The number of piperidine rings is 1. The summed E-state index contributed by atoms with van der Waals surface area (Å²) < 4.78 is 18.6. The van der Waals surface area contributed by atoms with Gasteiger partial charge in [0.1, 0.15) is 5.82 Å². The minimum absolute atomic E-state index is 0.141. The molecule has 0 aliphatic carbocycles. The number of ether oxygens (including phenoxy) is 1. The van der Waals surface area contributed by atoms with E-state index >= 15 is 0 Å². The molecule has 20 heavy (non-hydrogen) atoms. The largest absolute Gasteiger partial charge is 0.466 e. The Morgan fingerprint density at radius 1 is 1.40 bits per heavy atom. The first-order chi connectivity index (χ1) is 9.55. The van der Waals surface area contributed by atoms with Crippen molar-refractivity contribution in [2.45, 2.75) is 26.2 Å². The molecule has 1 aliphatic heterocycles. The Balaban J connectivity index is 2.20. The SMILES string of the molecule is CCOC(=O)C1(Cc2cccc(F)c2)CCN(C)CC1. The van der Waals surface area contributed by atoms with Crippen LogP contribution < -0.4 is 0 Å². The van der Waals surface area contributed by atoms with Crippen molar-refractivity contribution in [3.63, 3.8) is 0 Å². The number of likely N-dealkylation sites (tertiary alicyclic amines) is 1. The monoisotopic (exact) mass is 279 g/mol. The second-order valence-electron chi connectivity index (χ2n) is 5.61. The molecule has 0 spiro atoms. The highest BCUT2D eigenvalue weighted by Gasteiger charge is 2.42. The van der Waals surface area contributed by atoms with Crippen LogP contribution in [0.5, 0.6) is 0 Å². The lowest BCUT2D eigenvalue weighted by Gasteiger charge is -2.38. The van der Waals surface area contributed by atoms with Crippen molar-refractivity contribution in [2.75, 3.05) is 26.7 Å². The number of esters is 1. The molecule has 0 amide bonds. The van der Waals surface area contributed by atoms with E-state index in [1.165, 1.54) is 12.1 Å². The minimum atomic E-state index is -0.504. The van der Waals surface area contributed by atoms with Crippen LogP contribution >= 0.6 is 0 Å². The fourth-order valence-electron chi connectivity index (χ4n) is 2.82. The quantitative estimate of drug-likeness (QED) is 0.794. The van der Waals surface area contributed by atoms with Crippen molar-refractivity contribution in [1.29, 1.82) is 0 Å². The Morgan fingerprint density at radius 2 is 2.10 bits per heavy atom. The molecule has 1 fully saturated rings. The lowest BCUT2D eigenvalue weighted by molar-refractivity contribution is -0.158. The summed E-state index contributed by atoms with van der Waals surface area (Å²) in [6, 6.07) is 6.51. The normalized spacial score (nSPS) is 18.8. The number of carbonyl (C=O) groups excluding carboxylic acids is 1. The van der Waals surface area contributed by atoms with Gasteiger partial charge in [0, 0.05) is 0 Å². The fourth-order valence-corrected chi connectivity index (χ4v) is 2.82. The molecule has 1 saturated heterocycles. The third-order valence-electron chi connectivity index (χ3n) is 4.08. The van der Waals surface area contributed by atoms with Gasteiger partial charge in [0.05, 0.1) is 12.0 Å². The van der Waals surface area contributed by atoms with Gasteiger partial charge in [-0.05, 0) is 64.0 Å². The highest BCUT2D eigenvalue weighted by molar-refractivity contribution is 5.77. The lowest BCUT2D eigenvalue weighted by Crippen LogP contribution is -2.45. The second kappa shape index (κ2) is 6.35. The summed E-state index contributed by atoms with van der Waals surface area (Å²) in [4.78, 5) is 14.6. The number of benzene rings is 1. The average Bonchev–Trinajstić information content (AvgIpc) is 2.42. The van der Waals surface area contributed by atoms with E-state index in [1.54, 1.807) is 6.07 Å². The summed E-state index contributed by atoms with van der Waals surface area (Å²) in [6.45, 7) is 3.95. The van der Waals surface area contributed by atoms with E-state index in [1.807, 2.05) is 13.0 Å². The van der Waals surface area contributed by atoms with Crippen LogP contribution in [-0.2, 0) is 16.0 Å². The third kappa shape index (κ3) is 3.37. The van der Waals surface area contributed by atoms with E-state index in [0.29, 0.717) is 13.0 Å². The predicted octanol–water partition coefficient (Wildman–Crippen LogP) is 2.64. The van der Waals surface area contributed by atoms with Crippen molar-refractivity contribution >= 4 is 5.97 Å². The van der Waals surface area contributed by atoms with E-state index in [2.05, 4.69) is 11.9 Å². The highest BCUT2D eigenvalue weighted by atomic mass is 19.1. The number of halogens is 1. The number of hydrogen-bond donors (Lipinski definition) is 0. The smallest absolute Gasteiger partial charge is 0.312 e. The first-order valence-electron chi connectivity index (χ1n) is 7.16. The molecule has 1 heterocycles. The predicted molar refractivity (Wildman–Crippen MR) is 75.9 cm³/mol. The molecule has 0 radical (unpaired) electrons. The van der Waals surface area contributed by atoms with Gasteiger partial charge in [-0.25, -0.2) is 4.39 Å². The summed E-state index contributed by atoms with van der Waals surface area (Å²) in [5.41, 5.74) is 0.360. The first kappa shape index (κ1) is 15.0.